The molecule has 3 heteroatoms. The molecule has 0 nitrogen and oxygen atoms in total. The summed E-state index contributed by atoms with van der Waals surface area (Å²) in [7, 11) is 0. The number of hydrogen-bond acceptors (Lipinski definition) is 0. The van der Waals surface area contributed by atoms with Crippen LogP contribution in [0, 0.1) is 13.8 Å². The van der Waals surface area contributed by atoms with E-state index in [1.807, 2.05) is 0 Å². The predicted molar refractivity (Wildman–Crippen MR) is 158 cm³/mol. The van der Waals surface area contributed by atoms with Crippen LogP contribution in [0.15, 0.2) is 109 Å². The van der Waals surface area contributed by atoms with Crippen molar-refractivity contribution in [2.45, 2.75) is 40.0 Å². The molecule has 1 aliphatic carbocycles. The summed E-state index contributed by atoms with van der Waals surface area (Å²) in [5.74, 6) is 0.545. The molecule has 0 bridgehead atoms. The molecule has 0 atom stereocenters. The van der Waals surface area contributed by atoms with Gasteiger partial charge in [0.25, 0.3) is 0 Å². The topological polar surface area (TPSA) is 0 Å². The number of fused-ring (bicyclic) bond motifs is 3. The second-order valence-corrected chi connectivity index (χ2v) is 11.5. The summed E-state index contributed by atoms with van der Waals surface area (Å²) in [6, 6.07) is 32.8. The van der Waals surface area contributed by atoms with E-state index in [0.29, 0.717) is 5.92 Å². The molecule has 0 aliphatic heterocycles. The molecule has 1 aliphatic rings. The van der Waals surface area contributed by atoms with Gasteiger partial charge in [-0.3, -0.25) is 0 Å². The first kappa shape index (κ1) is 31.1. The van der Waals surface area contributed by atoms with Gasteiger partial charge >= 0.3 is 99.2 Å². The fraction of sp³-hybridized carbons (Fsp3) is 0.167. The van der Waals surface area contributed by atoms with E-state index in [2.05, 4.69) is 137 Å². The van der Waals surface area contributed by atoms with Gasteiger partial charge in [-0.15, -0.1) is 33.7 Å². The zero-order chi connectivity index (χ0) is 25.9. The molecule has 0 radical (unpaired) electrons. The second kappa shape index (κ2) is 13.8. The third-order valence-corrected chi connectivity index (χ3v) is 8.72. The Labute approximate surface area is 260 Å². The molecule has 0 spiro atoms. The first-order chi connectivity index (χ1) is 17.9. The summed E-state index contributed by atoms with van der Waals surface area (Å²) >= 11 is 1.46. The first-order valence-electron chi connectivity index (χ1n) is 13.1. The molecule has 0 unspecified atom stereocenters. The summed E-state index contributed by atoms with van der Waals surface area (Å²) in [5.41, 5.74) is 9.85. The number of aryl methyl sites for hydroxylation is 1. The summed E-state index contributed by atoms with van der Waals surface area (Å²) in [6.07, 6.45) is 7.79. The summed E-state index contributed by atoms with van der Waals surface area (Å²) in [5, 5.41) is 5.59. The SMILES string of the molecule is Cc1ccc2c(c1)[cH-]c1c(C3=CC=CC3)c(C)c(C(C)C)cc12.[Cl-].[Cl-].[Zr+2]=[C](c1ccccc1)c1ccccc1. The minimum atomic E-state index is 0. The zero-order valence-corrected chi connectivity index (χ0v) is 26.9. The van der Waals surface area contributed by atoms with E-state index in [4.69, 9.17) is 0 Å². The normalized spacial score (nSPS) is 12.0. The van der Waals surface area contributed by atoms with Crippen LogP contribution in [0.3, 0.4) is 0 Å². The molecule has 0 saturated carbocycles. The van der Waals surface area contributed by atoms with Crippen LogP contribution in [-0.4, -0.2) is 3.21 Å². The van der Waals surface area contributed by atoms with Gasteiger partial charge in [0.15, 0.2) is 0 Å². The Morgan fingerprint density at radius 3 is 1.95 bits per heavy atom. The van der Waals surface area contributed by atoms with Crippen LogP contribution in [0.1, 0.15) is 59.6 Å². The van der Waals surface area contributed by atoms with E-state index in [0.717, 1.165) is 6.42 Å². The average Bonchev–Trinajstić information content (AvgIpc) is 3.57. The number of benzene rings is 4. The average molecular weight is 628 g/mol. The van der Waals surface area contributed by atoms with Crippen LogP contribution in [0.5, 0.6) is 0 Å². The van der Waals surface area contributed by atoms with Crippen molar-refractivity contribution in [3.05, 3.63) is 143 Å². The van der Waals surface area contributed by atoms with Crippen molar-refractivity contribution in [2.24, 2.45) is 0 Å². The summed E-state index contributed by atoms with van der Waals surface area (Å²) in [4.78, 5) is 0. The van der Waals surface area contributed by atoms with Gasteiger partial charge < -0.3 is 24.8 Å². The van der Waals surface area contributed by atoms with Crippen molar-refractivity contribution in [3.63, 3.8) is 0 Å². The third kappa shape index (κ3) is 6.66. The maximum absolute atomic E-state index is 2.43. The van der Waals surface area contributed by atoms with E-state index < -0.39 is 0 Å². The van der Waals surface area contributed by atoms with Crippen LogP contribution < -0.4 is 24.8 Å². The Balaban J connectivity index is 0.000000228. The van der Waals surface area contributed by atoms with Crippen molar-refractivity contribution in [1.82, 2.24) is 0 Å². The van der Waals surface area contributed by atoms with Crippen molar-refractivity contribution in [2.75, 3.05) is 0 Å². The van der Waals surface area contributed by atoms with Crippen molar-refractivity contribution in [1.29, 1.82) is 0 Å². The molecule has 0 fully saturated rings. The maximum atomic E-state index is 2.43. The van der Waals surface area contributed by atoms with Crippen LogP contribution in [-0.2, 0) is 24.2 Å². The number of hydrogen-bond donors (Lipinski definition) is 0. The van der Waals surface area contributed by atoms with E-state index in [1.165, 1.54) is 87.9 Å². The van der Waals surface area contributed by atoms with Gasteiger partial charge in [0, 0.05) is 0 Å². The molecule has 6 rings (SSSR count). The summed E-state index contributed by atoms with van der Waals surface area (Å²) < 4.78 is 1.42. The van der Waals surface area contributed by atoms with Crippen molar-refractivity contribution in [3.8, 4) is 0 Å². The molecule has 196 valence electrons. The van der Waals surface area contributed by atoms with Crippen LogP contribution in [0.25, 0.3) is 27.1 Å². The Bertz CT molecular complexity index is 1600. The van der Waals surface area contributed by atoms with Gasteiger partial charge in [-0.05, 0) is 26.2 Å². The molecule has 0 heterocycles. The Kier molecular flexibility index (Phi) is 11.0. The van der Waals surface area contributed by atoms with Crippen LogP contribution >= 0.6 is 0 Å². The van der Waals surface area contributed by atoms with E-state index in [9.17, 15) is 0 Å². The molecule has 39 heavy (non-hydrogen) atoms. The van der Waals surface area contributed by atoms with Gasteiger partial charge in [-0.25, -0.2) is 0 Å². The quantitative estimate of drug-likeness (QED) is 0.268. The Hall–Kier alpha value is -2.44. The van der Waals surface area contributed by atoms with Crippen LogP contribution in [0.4, 0.5) is 0 Å². The van der Waals surface area contributed by atoms with Crippen LogP contribution in [0.2, 0.25) is 0 Å². The molecule has 5 aromatic rings. The molecule has 5 aromatic carbocycles. The Morgan fingerprint density at radius 1 is 0.795 bits per heavy atom. The number of allylic oxidation sites excluding steroid dienone is 4. The molecule has 0 amide bonds. The number of halogens is 2. The summed E-state index contributed by atoms with van der Waals surface area (Å²) in [6.45, 7) is 9.07. The van der Waals surface area contributed by atoms with E-state index in [-0.39, 0.29) is 24.8 Å². The van der Waals surface area contributed by atoms with Gasteiger partial charge in [0.1, 0.15) is 0 Å². The Morgan fingerprint density at radius 2 is 1.41 bits per heavy atom. The van der Waals surface area contributed by atoms with Gasteiger partial charge in [-0.1, -0.05) is 78.1 Å². The molecule has 0 saturated heterocycles. The van der Waals surface area contributed by atoms with Crippen molar-refractivity contribution >= 4 is 30.3 Å². The van der Waals surface area contributed by atoms with Gasteiger partial charge in [0.2, 0.25) is 0 Å². The van der Waals surface area contributed by atoms with E-state index in [1.54, 1.807) is 0 Å². The van der Waals surface area contributed by atoms with E-state index >= 15 is 0 Å². The minimum absolute atomic E-state index is 0. The predicted octanol–water partition coefficient (Wildman–Crippen LogP) is 3.61. The molecular weight excluding hydrogens is 595 g/mol. The van der Waals surface area contributed by atoms with Gasteiger partial charge in [-0.2, -0.15) is 0 Å². The second-order valence-electron chi connectivity index (χ2n) is 10.2. The molecule has 0 aromatic heterocycles. The molecular formula is C36H33Cl2Zr-. The fourth-order valence-electron chi connectivity index (χ4n) is 5.42. The first-order valence-corrected chi connectivity index (χ1v) is 14.4. The van der Waals surface area contributed by atoms with Crippen molar-refractivity contribution < 1.29 is 49.0 Å². The molecule has 0 N–H and O–H groups in total. The van der Waals surface area contributed by atoms with Gasteiger partial charge in [0.05, 0.1) is 0 Å². The third-order valence-electron chi connectivity index (χ3n) is 7.30. The zero-order valence-electron chi connectivity index (χ0n) is 22.9. The fourth-order valence-corrected chi connectivity index (χ4v) is 6.24. The standard InChI is InChI=1S/C23H23.C13H10.2ClH.Zr/c1-14(2)20-13-21-19-10-9-15(3)11-18(19)12-22(21)23(16(20)4)17-7-5-6-8-17;1-3-7-12(8-4-1)11-13-9-5-2-6-10-13;;;/h5-7,9-14H,8H2,1-4H3;1-10H;2*1H;/q-1;;;;+2/p-2. The number of rotatable bonds is 4. The monoisotopic (exact) mass is 625 g/mol.